The van der Waals surface area contributed by atoms with Gasteiger partial charge in [-0.2, -0.15) is 9.78 Å². The minimum Gasteiger partial charge on any atom is -0.508 e. The minimum absolute atomic E-state index is 0.0749. The quantitative estimate of drug-likeness (QED) is 0.379. The van der Waals surface area contributed by atoms with Crippen LogP contribution in [-0.4, -0.2) is 42.8 Å². The molecule has 4 rings (SSSR count). The number of phenolic OH excluding ortho intramolecular Hbond substituents is 1. The summed E-state index contributed by atoms with van der Waals surface area (Å²) in [6.07, 6.45) is -1.19. The van der Waals surface area contributed by atoms with Crippen LogP contribution in [0.25, 0.3) is 32.5 Å². The third-order valence-corrected chi connectivity index (χ3v) is 5.37. The van der Waals surface area contributed by atoms with Crippen LogP contribution in [0.3, 0.4) is 0 Å². The van der Waals surface area contributed by atoms with Crippen molar-refractivity contribution in [2.24, 2.45) is 0 Å². The number of rotatable bonds is 1. The zero-order valence-electron chi connectivity index (χ0n) is 18.8. The third kappa shape index (κ3) is 4.08. The van der Waals surface area contributed by atoms with Crippen LogP contribution in [0, 0.1) is 0 Å². The number of phenols is 1. The number of carbonyl (C=O) groups excluding carboxylic acids is 2. The van der Waals surface area contributed by atoms with E-state index in [2.05, 4.69) is 5.10 Å². The van der Waals surface area contributed by atoms with Crippen molar-refractivity contribution in [3.05, 3.63) is 35.7 Å². The lowest BCUT2D eigenvalue weighted by atomic mass is 10.2. The summed E-state index contributed by atoms with van der Waals surface area (Å²) in [7, 11) is 0. The van der Waals surface area contributed by atoms with Gasteiger partial charge in [0.15, 0.2) is 0 Å². The Hall–Kier alpha value is -3.33. The van der Waals surface area contributed by atoms with E-state index in [4.69, 9.17) is 9.47 Å². The Morgan fingerprint density at radius 2 is 1.59 bits per heavy atom. The number of aromatic hydroxyl groups is 1. The lowest BCUT2D eigenvalue weighted by molar-refractivity contribution is 0.0520. The molecule has 32 heavy (non-hydrogen) atoms. The fourth-order valence-corrected chi connectivity index (χ4v) is 4.20. The predicted octanol–water partition coefficient (Wildman–Crippen LogP) is 5.99. The van der Waals surface area contributed by atoms with Crippen LogP contribution in [0.4, 0.5) is 9.59 Å². The molecule has 3 heterocycles. The molecule has 168 valence electrons. The number of carbonyl (C=O) groups is 2. The van der Waals surface area contributed by atoms with Crippen LogP contribution in [0.15, 0.2) is 35.7 Å². The van der Waals surface area contributed by atoms with E-state index < -0.39 is 23.4 Å². The van der Waals surface area contributed by atoms with Crippen molar-refractivity contribution in [1.82, 2.24) is 14.3 Å². The number of thiophene rings is 1. The molecule has 4 aromatic rings. The first-order valence-corrected chi connectivity index (χ1v) is 11.0. The average molecular weight is 456 g/mol. The van der Waals surface area contributed by atoms with Crippen molar-refractivity contribution < 1.29 is 24.2 Å². The van der Waals surface area contributed by atoms with Crippen LogP contribution in [-0.2, 0) is 9.47 Å². The molecule has 0 aliphatic heterocycles. The van der Waals surface area contributed by atoms with Crippen molar-refractivity contribution >= 4 is 44.6 Å². The molecule has 0 amide bonds. The van der Waals surface area contributed by atoms with Crippen LogP contribution in [0.5, 0.6) is 5.75 Å². The molecule has 0 unspecified atom stereocenters. The summed E-state index contributed by atoms with van der Waals surface area (Å²) in [5.41, 5.74) is 0.647. The number of nitrogens with zero attached hydrogens (tertiary/aromatic N) is 3. The van der Waals surface area contributed by atoms with E-state index in [1.165, 1.54) is 26.7 Å². The number of benzene rings is 1. The van der Waals surface area contributed by atoms with Crippen molar-refractivity contribution in [2.45, 2.75) is 52.7 Å². The first-order chi connectivity index (χ1) is 14.8. The lowest BCUT2D eigenvalue weighted by Gasteiger charge is -2.20. The van der Waals surface area contributed by atoms with Crippen LogP contribution < -0.4 is 0 Å². The van der Waals surface area contributed by atoms with Gasteiger partial charge < -0.3 is 14.6 Å². The monoisotopic (exact) mass is 455 g/mol. The Kier molecular flexibility index (Phi) is 5.04. The molecule has 0 atom stereocenters. The molecule has 0 fully saturated rings. The molecule has 8 nitrogen and oxygen atoms in total. The van der Waals surface area contributed by atoms with Gasteiger partial charge >= 0.3 is 12.2 Å². The molecule has 0 aliphatic carbocycles. The Bertz CT molecular complexity index is 1350. The normalized spacial score (nSPS) is 12.4. The fraction of sp³-hybridized carbons (Fsp3) is 0.348. The molecule has 0 saturated carbocycles. The van der Waals surface area contributed by atoms with Gasteiger partial charge in [0.1, 0.15) is 22.6 Å². The van der Waals surface area contributed by atoms with Gasteiger partial charge in [0.05, 0.1) is 21.4 Å². The Morgan fingerprint density at radius 1 is 0.938 bits per heavy atom. The summed E-state index contributed by atoms with van der Waals surface area (Å²) in [6.45, 7) is 10.7. The number of ether oxygens (including phenoxy) is 2. The second-order valence-electron chi connectivity index (χ2n) is 9.46. The first kappa shape index (κ1) is 21.9. The highest BCUT2D eigenvalue weighted by atomic mass is 32.1. The molecule has 0 radical (unpaired) electrons. The maximum absolute atomic E-state index is 13.2. The van der Waals surface area contributed by atoms with Gasteiger partial charge in [0.2, 0.25) is 0 Å². The topological polar surface area (TPSA) is 95.6 Å². The molecule has 3 aromatic heterocycles. The van der Waals surface area contributed by atoms with Gasteiger partial charge in [-0.15, -0.1) is 11.3 Å². The summed E-state index contributed by atoms with van der Waals surface area (Å²) in [5, 5.41) is 17.0. The summed E-state index contributed by atoms with van der Waals surface area (Å²) in [5.74, 6) is 0.0749. The van der Waals surface area contributed by atoms with Crippen molar-refractivity contribution in [3.8, 4) is 17.1 Å². The van der Waals surface area contributed by atoms with E-state index in [9.17, 15) is 14.7 Å². The zero-order chi connectivity index (χ0) is 23.4. The highest BCUT2D eigenvalue weighted by Gasteiger charge is 2.28. The van der Waals surface area contributed by atoms with Crippen LogP contribution >= 0.6 is 11.3 Å². The standard InChI is InChI=1S/C23H25N3O5S/c1-22(2,3)30-20(28)25-15-8-7-14(27)11-13(15)12-17(25)18-19-16(9-10-32-19)26(24-18)21(29)31-23(4,5)6/h7-12,27H,1-6H3. The molecular formula is C23H25N3O5S. The van der Waals surface area contributed by atoms with Gasteiger partial charge in [-0.25, -0.2) is 14.2 Å². The predicted molar refractivity (Wildman–Crippen MR) is 123 cm³/mol. The molecule has 0 aliphatic rings. The summed E-state index contributed by atoms with van der Waals surface area (Å²) in [6, 6.07) is 8.25. The van der Waals surface area contributed by atoms with Gasteiger partial charge in [-0.3, -0.25) is 0 Å². The van der Waals surface area contributed by atoms with Gasteiger partial charge in [-0.1, -0.05) is 0 Å². The van der Waals surface area contributed by atoms with Crippen molar-refractivity contribution in [3.63, 3.8) is 0 Å². The number of aromatic nitrogens is 3. The van der Waals surface area contributed by atoms with Crippen molar-refractivity contribution in [2.75, 3.05) is 0 Å². The van der Waals surface area contributed by atoms with E-state index in [0.717, 1.165) is 4.70 Å². The Balaban J connectivity index is 1.94. The van der Waals surface area contributed by atoms with Gasteiger partial charge in [0, 0.05) is 5.39 Å². The Labute approximate surface area is 189 Å². The number of hydrogen-bond acceptors (Lipinski definition) is 7. The van der Waals surface area contributed by atoms with E-state index in [0.29, 0.717) is 27.8 Å². The zero-order valence-corrected chi connectivity index (χ0v) is 19.6. The van der Waals surface area contributed by atoms with Gasteiger partial charge in [0.25, 0.3) is 0 Å². The number of hydrogen-bond donors (Lipinski definition) is 1. The highest BCUT2D eigenvalue weighted by molar-refractivity contribution is 7.17. The molecule has 1 N–H and O–H groups in total. The van der Waals surface area contributed by atoms with Crippen LogP contribution in [0.1, 0.15) is 41.5 Å². The highest BCUT2D eigenvalue weighted by Crippen LogP contribution is 2.37. The SMILES string of the molecule is CC(C)(C)OC(=O)n1nc(-c2cc3cc(O)ccc3n2C(=O)OC(C)(C)C)c2sccc21. The molecule has 1 aromatic carbocycles. The molecular weight excluding hydrogens is 430 g/mol. The second kappa shape index (κ2) is 7.37. The minimum atomic E-state index is -0.712. The summed E-state index contributed by atoms with van der Waals surface area (Å²) < 4.78 is 14.5. The van der Waals surface area contributed by atoms with E-state index >= 15 is 0 Å². The molecule has 0 spiro atoms. The molecule has 9 heteroatoms. The number of fused-ring (bicyclic) bond motifs is 2. The van der Waals surface area contributed by atoms with E-state index in [-0.39, 0.29) is 5.75 Å². The van der Waals surface area contributed by atoms with Crippen molar-refractivity contribution in [1.29, 1.82) is 0 Å². The molecule has 0 saturated heterocycles. The Morgan fingerprint density at radius 3 is 2.25 bits per heavy atom. The summed E-state index contributed by atoms with van der Waals surface area (Å²) >= 11 is 1.41. The summed E-state index contributed by atoms with van der Waals surface area (Å²) in [4.78, 5) is 26.0. The van der Waals surface area contributed by atoms with E-state index in [1.807, 2.05) is 5.38 Å². The largest absolute Gasteiger partial charge is 0.508 e. The lowest BCUT2D eigenvalue weighted by Crippen LogP contribution is -2.28. The second-order valence-corrected chi connectivity index (χ2v) is 10.4. The van der Waals surface area contributed by atoms with Gasteiger partial charge in [-0.05, 0) is 77.3 Å². The van der Waals surface area contributed by atoms with Crippen LogP contribution in [0.2, 0.25) is 0 Å². The van der Waals surface area contributed by atoms with E-state index in [1.54, 1.807) is 65.8 Å². The third-order valence-electron chi connectivity index (χ3n) is 4.46. The smallest absolute Gasteiger partial charge is 0.435 e. The fourth-order valence-electron chi connectivity index (χ4n) is 3.34. The maximum Gasteiger partial charge on any atom is 0.435 e. The first-order valence-electron chi connectivity index (χ1n) is 10.1. The average Bonchev–Trinajstić information content (AvgIpc) is 3.30. The maximum atomic E-state index is 13.2. The molecule has 0 bridgehead atoms.